The van der Waals surface area contributed by atoms with Gasteiger partial charge in [0.15, 0.2) is 0 Å². The quantitative estimate of drug-likeness (QED) is 0.134. The van der Waals surface area contributed by atoms with Crippen LogP contribution in [0.1, 0.15) is 183 Å². The van der Waals surface area contributed by atoms with Gasteiger partial charge < -0.3 is 0 Å². The molecule has 0 aromatic carbocycles. The lowest BCUT2D eigenvalue weighted by Gasteiger charge is -2.39. The first-order valence-corrected chi connectivity index (χ1v) is 14.9. The van der Waals surface area contributed by atoms with Gasteiger partial charge in [-0.25, -0.2) is 0 Å². The monoisotopic (exact) mass is 450 g/mol. The molecule has 0 heterocycles. The van der Waals surface area contributed by atoms with Gasteiger partial charge in [0.05, 0.1) is 0 Å². The van der Waals surface area contributed by atoms with E-state index in [4.69, 9.17) is 0 Å². The van der Waals surface area contributed by atoms with Crippen molar-refractivity contribution in [3.63, 3.8) is 0 Å². The van der Waals surface area contributed by atoms with Crippen molar-refractivity contribution >= 4 is 5.78 Å². The summed E-state index contributed by atoms with van der Waals surface area (Å²) in [5, 5.41) is 0. The van der Waals surface area contributed by atoms with Crippen molar-refractivity contribution in [1.29, 1.82) is 0 Å². The van der Waals surface area contributed by atoms with Crippen molar-refractivity contribution in [2.75, 3.05) is 0 Å². The van der Waals surface area contributed by atoms with Crippen LogP contribution < -0.4 is 0 Å². The largest absolute Gasteiger partial charge is 0.298 e. The van der Waals surface area contributed by atoms with Gasteiger partial charge in [-0.15, -0.1) is 0 Å². The van der Waals surface area contributed by atoms with Gasteiger partial charge in [0, 0.05) is 10.8 Å². The topological polar surface area (TPSA) is 17.1 Å². The molecule has 0 aliphatic rings. The fourth-order valence-corrected chi connectivity index (χ4v) is 5.51. The molecule has 0 saturated carbocycles. The molecule has 0 saturated heterocycles. The van der Waals surface area contributed by atoms with E-state index in [1.165, 1.54) is 116 Å². The third-order valence-electron chi connectivity index (χ3n) is 7.92. The Bertz CT molecular complexity index is 390. The Morgan fingerprint density at radius 1 is 0.406 bits per heavy atom. The molecule has 1 nitrogen and oxygen atoms in total. The highest BCUT2D eigenvalue weighted by atomic mass is 16.1. The van der Waals surface area contributed by atoms with Crippen LogP contribution in [0.15, 0.2) is 0 Å². The van der Waals surface area contributed by atoms with Crippen LogP contribution in [0.5, 0.6) is 0 Å². The maximum atomic E-state index is 14.1. The Hall–Kier alpha value is -0.330. The summed E-state index contributed by atoms with van der Waals surface area (Å²) < 4.78 is 0. The van der Waals surface area contributed by atoms with E-state index in [0.717, 1.165) is 25.7 Å². The summed E-state index contributed by atoms with van der Waals surface area (Å²) in [6, 6.07) is 0. The van der Waals surface area contributed by atoms with E-state index in [1.807, 2.05) is 0 Å². The van der Waals surface area contributed by atoms with Crippen molar-refractivity contribution < 1.29 is 4.79 Å². The molecular weight excluding hydrogens is 388 g/mol. The zero-order chi connectivity index (χ0) is 24.1. The third kappa shape index (κ3) is 14.0. The zero-order valence-corrected chi connectivity index (χ0v) is 23.5. The second kappa shape index (κ2) is 20.1. The number of carbonyl (C=O) groups is 1. The smallest absolute Gasteiger partial charge is 0.144 e. The SMILES string of the molecule is CCCCCCCCCC(C)(CCCC)C(=O)C(C)(CCCC)CCCCCCCCC. The second-order valence-electron chi connectivity index (χ2n) is 11.4. The molecule has 0 rings (SSSR count). The molecule has 2 unspecified atom stereocenters. The van der Waals surface area contributed by atoms with E-state index in [2.05, 4.69) is 41.5 Å². The Kier molecular flexibility index (Phi) is 19.9. The molecule has 0 aromatic heterocycles. The van der Waals surface area contributed by atoms with E-state index in [-0.39, 0.29) is 10.8 Å². The van der Waals surface area contributed by atoms with Crippen molar-refractivity contribution in [2.45, 2.75) is 183 Å². The van der Waals surface area contributed by atoms with Crippen LogP contribution in [0, 0.1) is 10.8 Å². The highest BCUT2D eigenvalue weighted by Gasteiger charge is 2.43. The van der Waals surface area contributed by atoms with Gasteiger partial charge in [-0.1, -0.05) is 157 Å². The lowest BCUT2D eigenvalue weighted by atomic mass is 9.63. The number of Topliss-reactive ketones (excluding diaryl/α,β-unsaturated/α-hetero) is 1. The molecule has 0 amide bonds. The molecule has 0 aliphatic heterocycles. The Labute approximate surface area is 204 Å². The van der Waals surface area contributed by atoms with Gasteiger partial charge in [0.2, 0.25) is 0 Å². The van der Waals surface area contributed by atoms with Crippen LogP contribution >= 0.6 is 0 Å². The molecule has 32 heavy (non-hydrogen) atoms. The molecule has 0 aliphatic carbocycles. The number of ketones is 1. The number of unbranched alkanes of at least 4 members (excludes halogenated alkanes) is 14. The highest BCUT2D eigenvalue weighted by molar-refractivity contribution is 5.89. The summed E-state index contributed by atoms with van der Waals surface area (Å²) in [6.07, 6.45) is 27.9. The van der Waals surface area contributed by atoms with Gasteiger partial charge >= 0.3 is 0 Å². The molecule has 2 atom stereocenters. The number of carbonyl (C=O) groups excluding carboxylic acids is 1. The van der Waals surface area contributed by atoms with Gasteiger partial charge in [-0.3, -0.25) is 4.79 Å². The number of hydrogen-bond acceptors (Lipinski definition) is 1. The van der Waals surface area contributed by atoms with Crippen LogP contribution in [0.4, 0.5) is 0 Å². The maximum absolute atomic E-state index is 14.1. The first-order chi connectivity index (χ1) is 15.4. The molecule has 1 heteroatoms. The molecular formula is C31H62O. The highest BCUT2D eigenvalue weighted by Crippen LogP contribution is 2.43. The van der Waals surface area contributed by atoms with Crippen LogP contribution in [0.3, 0.4) is 0 Å². The predicted molar refractivity (Wildman–Crippen MR) is 145 cm³/mol. The average Bonchev–Trinajstić information content (AvgIpc) is 2.79. The predicted octanol–water partition coefficient (Wildman–Crippen LogP) is 11.2. The van der Waals surface area contributed by atoms with Crippen molar-refractivity contribution in [2.24, 2.45) is 10.8 Å². The summed E-state index contributed by atoms with van der Waals surface area (Å²) in [4.78, 5) is 14.1. The standard InChI is InChI=1S/C31H62O/c1-7-11-15-17-19-21-23-27-30(5,25-13-9-3)29(32)31(6,26-14-10-4)28-24-22-20-18-16-12-8-2/h7-28H2,1-6H3. The fraction of sp³-hybridized carbons (Fsp3) is 0.968. The molecule has 192 valence electrons. The first-order valence-electron chi connectivity index (χ1n) is 14.9. The molecule has 0 aromatic rings. The minimum absolute atomic E-state index is 0.108. The molecule has 0 fully saturated rings. The van der Waals surface area contributed by atoms with E-state index >= 15 is 0 Å². The van der Waals surface area contributed by atoms with Gasteiger partial charge in [0.25, 0.3) is 0 Å². The second-order valence-corrected chi connectivity index (χ2v) is 11.4. The van der Waals surface area contributed by atoms with Gasteiger partial charge in [0.1, 0.15) is 5.78 Å². The van der Waals surface area contributed by atoms with Crippen LogP contribution in [0.25, 0.3) is 0 Å². The zero-order valence-electron chi connectivity index (χ0n) is 23.5. The lowest BCUT2D eigenvalue weighted by molar-refractivity contribution is -0.139. The van der Waals surface area contributed by atoms with E-state index in [1.54, 1.807) is 0 Å². The Balaban J connectivity index is 4.91. The molecule has 0 radical (unpaired) electrons. The van der Waals surface area contributed by atoms with Crippen LogP contribution in [0.2, 0.25) is 0 Å². The summed E-state index contributed by atoms with van der Waals surface area (Å²) in [6.45, 7) is 13.8. The Morgan fingerprint density at radius 2 is 0.656 bits per heavy atom. The van der Waals surface area contributed by atoms with E-state index in [9.17, 15) is 4.79 Å². The van der Waals surface area contributed by atoms with Gasteiger partial charge in [-0.2, -0.15) is 0 Å². The van der Waals surface area contributed by atoms with Crippen LogP contribution in [-0.4, -0.2) is 5.78 Å². The number of rotatable bonds is 24. The molecule has 0 spiro atoms. The first kappa shape index (κ1) is 31.7. The lowest BCUT2D eigenvalue weighted by Crippen LogP contribution is -2.41. The molecule has 0 N–H and O–H groups in total. The minimum atomic E-state index is -0.108. The van der Waals surface area contributed by atoms with E-state index in [0.29, 0.717) is 5.78 Å². The molecule has 0 bridgehead atoms. The third-order valence-corrected chi connectivity index (χ3v) is 7.92. The number of hydrogen-bond donors (Lipinski definition) is 0. The fourth-order valence-electron chi connectivity index (χ4n) is 5.51. The van der Waals surface area contributed by atoms with Gasteiger partial charge in [-0.05, 0) is 25.7 Å². The van der Waals surface area contributed by atoms with Crippen molar-refractivity contribution in [3.05, 3.63) is 0 Å². The summed E-state index contributed by atoms with van der Waals surface area (Å²) >= 11 is 0. The van der Waals surface area contributed by atoms with E-state index < -0.39 is 0 Å². The van der Waals surface area contributed by atoms with Crippen molar-refractivity contribution in [1.82, 2.24) is 0 Å². The Morgan fingerprint density at radius 3 is 0.969 bits per heavy atom. The normalized spacial score (nSPS) is 15.4. The van der Waals surface area contributed by atoms with Crippen molar-refractivity contribution in [3.8, 4) is 0 Å². The summed E-state index contributed by atoms with van der Waals surface area (Å²) in [5.74, 6) is 0.615. The minimum Gasteiger partial charge on any atom is -0.298 e. The maximum Gasteiger partial charge on any atom is 0.144 e. The summed E-state index contributed by atoms with van der Waals surface area (Å²) in [5.41, 5.74) is -0.216. The summed E-state index contributed by atoms with van der Waals surface area (Å²) in [7, 11) is 0. The average molecular weight is 451 g/mol. The van der Waals surface area contributed by atoms with Crippen LogP contribution in [-0.2, 0) is 4.79 Å².